The summed E-state index contributed by atoms with van der Waals surface area (Å²) in [6.45, 7) is 0.457. The van der Waals surface area contributed by atoms with Gasteiger partial charge in [-0.05, 0) is 23.3 Å². The zero-order valence-electron chi connectivity index (χ0n) is 16.4. The molecule has 1 atom stereocenters. The van der Waals surface area contributed by atoms with Crippen molar-refractivity contribution in [1.82, 2.24) is 0 Å². The predicted molar refractivity (Wildman–Crippen MR) is 117 cm³/mol. The molecule has 0 unspecified atom stereocenters. The molecule has 3 heteroatoms. The number of ether oxygens (including phenoxy) is 2. The fourth-order valence-electron chi connectivity index (χ4n) is 4.73. The first-order valence-electron chi connectivity index (χ1n) is 10.2. The quantitative estimate of drug-likeness (QED) is 0.427. The summed E-state index contributed by atoms with van der Waals surface area (Å²) in [5.41, 5.74) is 4.83. The Bertz CT molecular complexity index is 1150. The van der Waals surface area contributed by atoms with Crippen molar-refractivity contribution in [3.63, 3.8) is 0 Å². The van der Waals surface area contributed by atoms with Gasteiger partial charge >= 0.3 is 0 Å². The summed E-state index contributed by atoms with van der Waals surface area (Å²) >= 11 is 0. The smallest absolute Gasteiger partial charge is 0.164 e. The second-order valence-corrected chi connectivity index (χ2v) is 7.68. The maximum Gasteiger partial charge on any atom is 0.164 e. The van der Waals surface area contributed by atoms with Gasteiger partial charge in [-0.2, -0.15) is 0 Å². The van der Waals surface area contributed by atoms with Crippen molar-refractivity contribution in [2.45, 2.75) is 11.8 Å². The first-order chi connectivity index (χ1) is 14.9. The summed E-state index contributed by atoms with van der Waals surface area (Å²) < 4.78 is 13.2. The molecule has 2 heterocycles. The van der Waals surface area contributed by atoms with E-state index in [-0.39, 0.29) is 6.23 Å². The van der Waals surface area contributed by atoms with Crippen LogP contribution in [0.15, 0.2) is 109 Å². The van der Waals surface area contributed by atoms with E-state index in [4.69, 9.17) is 9.47 Å². The lowest BCUT2D eigenvalue weighted by molar-refractivity contribution is -0.0732. The monoisotopic (exact) mass is 391 g/mol. The maximum absolute atomic E-state index is 7.15. The van der Waals surface area contributed by atoms with Crippen LogP contribution in [0.25, 0.3) is 0 Å². The van der Waals surface area contributed by atoms with Gasteiger partial charge in [0.1, 0.15) is 11.4 Å². The van der Waals surface area contributed by atoms with Crippen LogP contribution in [-0.4, -0.2) is 6.73 Å². The van der Waals surface area contributed by atoms with Crippen LogP contribution < -0.4 is 9.64 Å². The Morgan fingerprint density at radius 3 is 2.00 bits per heavy atom. The number of hydrogen-bond donors (Lipinski definition) is 0. The third kappa shape index (κ3) is 2.42. The normalized spacial score (nSPS) is 18.5. The zero-order valence-corrected chi connectivity index (χ0v) is 16.4. The highest BCUT2D eigenvalue weighted by molar-refractivity contribution is 5.66. The van der Waals surface area contributed by atoms with Gasteiger partial charge in [0.2, 0.25) is 0 Å². The van der Waals surface area contributed by atoms with E-state index in [0.717, 1.165) is 33.7 Å². The average molecular weight is 391 g/mol. The number of nitrogens with zero attached hydrogens (tertiary/aromatic N) is 1. The standard InChI is InChI=1S/C27H21NO2/c1-3-11-20(12-4-1)27(21-13-5-2-6-14-21)23-16-8-9-17-24(23)28-19-29-25-18-10-7-15-22(25)26(28)30-27/h1-18,26H,19H2/t26-/m0/s1. The van der Waals surface area contributed by atoms with Crippen molar-refractivity contribution in [3.05, 3.63) is 131 Å². The molecule has 0 saturated carbocycles. The molecule has 30 heavy (non-hydrogen) atoms. The first kappa shape index (κ1) is 17.3. The van der Waals surface area contributed by atoms with Crippen molar-refractivity contribution in [2.24, 2.45) is 0 Å². The largest absolute Gasteiger partial charge is 0.473 e. The van der Waals surface area contributed by atoms with Gasteiger partial charge in [0, 0.05) is 16.8 Å². The topological polar surface area (TPSA) is 21.7 Å². The molecular weight excluding hydrogens is 370 g/mol. The average Bonchev–Trinajstić information content (AvgIpc) is 2.84. The summed E-state index contributed by atoms with van der Waals surface area (Å²) in [4.78, 5) is 2.21. The summed E-state index contributed by atoms with van der Waals surface area (Å²) in [6, 6.07) is 37.7. The third-order valence-electron chi connectivity index (χ3n) is 6.07. The molecule has 0 amide bonds. The Balaban J connectivity index is 1.67. The number of fused-ring (bicyclic) bond motifs is 5. The Morgan fingerprint density at radius 2 is 1.27 bits per heavy atom. The minimum atomic E-state index is -0.718. The minimum Gasteiger partial charge on any atom is -0.473 e. The van der Waals surface area contributed by atoms with Gasteiger partial charge in [-0.25, -0.2) is 0 Å². The molecule has 3 nitrogen and oxygen atoms in total. The Hall–Kier alpha value is -3.56. The molecule has 0 fully saturated rings. The maximum atomic E-state index is 7.15. The van der Waals surface area contributed by atoms with Crippen molar-refractivity contribution in [1.29, 1.82) is 0 Å². The van der Waals surface area contributed by atoms with Crippen molar-refractivity contribution in [2.75, 3.05) is 11.6 Å². The molecule has 4 aromatic carbocycles. The Morgan fingerprint density at radius 1 is 0.667 bits per heavy atom. The molecule has 6 rings (SSSR count). The Kier molecular flexibility index (Phi) is 3.90. The van der Waals surface area contributed by atoms with Crippen LogP contribution in [0, 0.1) is 0 Å². The molecule has 4 aromatic rings. The van der Waals surface area contributed by atoms with E-state index in [2.05, 4.69) is 83.8 Å². The molecule has 0 saturated heterocycles. The number of anilines is 1. The molecule has 0 spiro atoms. The summed E-state index contributed by atoms with van der Waals surface area (Å²) in [7, 11) is 0. The lowest BCUT2D eigenvalue weighted by Crippen LogP contribution is -2.49. The van der Waals surface area contributed by atoms with Crippen LogP contribution in [-0.2, 0) is 10.3 Å². The highest BCUT2D eigenvalue weighted by Gasteiger charge is 2.49. The summed E-state index contributed by atoms with van der Waals surface area (Å²) in [5, 5.41) is 0. The van der Waals surface area contributed by atoms with Crippen LogP contribution in [0.4, 0.5) is 5.69 Å². The molecule has 0 bridgehead atoms. The van der Waals surface area contributed by atoms with E-state index < -0.39 is 5.60 Å². The van der Waals surface area contributed by atoms with Gasteiger partial charge in [0.15, 0.2) is 13.0 Å². The van der Waals surface area contributed by atoms with E-state index in [1.807, 2.05) is 30.3 Å². The molecule has 146 valence electrons. The van der Waals surface area contributed by atoms with Gasteiger partial charge in [-0.1, -0.05) is 97.1 Å². The fourth-order valence-corrected chi connectivity index (χ4v) is 4.73. The summed E-state index contributed by atoms with van der Waals surface area (Å²) in [5.74, 6) is 0.883. The molecule has 2 aliphatic rings. The van der Waals surface area contributed by atoms with Crippen molar-refractivity contribution >= 4 is 5.69 Å². The van der Waals surface area contributed by atoms with E-state index >= 15 is 0 Å². The van der Waals surface area contributed by atoms with Crippen LogP contribution in [0.2, 0.25) is 0 Å². The fraction of sp³-hybridized carbons (Fsp3) is 0.111. The van der Waals surface area contributed by atoms with Gasteiger partial charge in [-0.15, -0.1) is 0 Å². The van der Waals surface area contributed by atoms with Gasteiger partial charge in [-0.3, -0.25) is 0 Å². The van der Waals surface area contributed by atoms with Gasteiger partial charge in [0.25, 0.3) is 0 Å². The Labute approximate surface area is 176 Å². The third-order valence-corrected chi connectivity index (χ3v) is 6.07. The van der Waals surface area contributed by atoms with Crippen molar-refractivity contribution < 1.29 is 9.47 Å². The highest BCUT2D eigenvalue weighted by atomic mass is 16.6. The van der Waals surface area contributed by atoms with Crippen LogP contribution >= 0.6 is 0 Å². The molecule has 2 aliphatic heterocycles. The second-order valence-electron chi connectivity index (χ2n) is 7.68. The first-order valence-corrected chi connectivity index (χ1v) is 10.2. The number of rotatable bonds is 2. The van der Waals surface area contributed by atoms with Crippen LogP contribution in [0.3, 0.4) is 0 Å². The van der Waals surface area contributed by atoms with Crippen LogP contribution in [0.1, 0.15) is 28.5 Å². The highest BCUT2D eigenvalue weighted by Crippen LogP contribution is 2.54. The minimum absolute atomic E-state index is 0.245. The molecule has 0 radical (unpaired) electrons. The number of benzene rings is 4. The SMILES string of the molecule is c1ccc(C2(c3ccccc3)O[C@H]3c4ccccc4OCN3c3ccccc32)cc1. The van der Waals surface area contributed by atoms with Crippen LogP contribution in [0.5, 0.6) is 5.75 Å². The molecular formula is C27H21NO2. The lowest BCUT2D eigenvalue weighted by atomic mass is 9.77. The van der Waals surface area contributed by atoms with E-state index in [1.54, 1.807) is 0 Å². The number of para-hydroxylation sites is 2. The molecule has 0 N–H and O–H groups in total. The van der Waals surface area contributed by atoms with E-state index in [1.165, 1.54) is 0 Å². The molecule has 0 aliphatic carbocycles. The van der Waals surface area contributed by atoms with Crippen molar-refractivity contribution in [3.8, 4) is 5.75 Å². The van der Waals surface area contributed by atoms with Gasteiger partial charge in [0.05, 0.1) is 0 Å². The summed E-state index contributed by atoms with van der Waals surface area (Å²) in [6.07, 6.45) is -0.245. The zero-order chi connectivity index (χ0) is 20.0. The second kappa shape index (κ2) is 6.75. The van der Waals surface area contributed by atoms with E-state index in [9.17, 15) is 0 Å². The van der Waals surface area contributed by atoms with Gasteiger partial charge < -0.3 is 14.4 Å². The number of hydrogen-bond acceptors (Lipinski definition) is 3. The predicted octanol–water partition coefficient (Wildman–Crippen LogP) is 5.86. The van der Waals surface area contributed by atoms with E-state index in [0.29, 0.717) is 6.73 Å². The lowest BCUT2D eigenvalue weighted by Gasteiger charge is -2.50. The molecule has 0 aromatic heterocycles.